The van der Waals surface area contributed by atoms with Gasteiger partial charge in [-0.3, -0.25) is 14.7 Å². The fraction of sp³-hybridized carbons (Fsp3) is 0.500. The number of carbonyl (C=O) groups excluding carboxylic acids is 1. The van der Waals surface area contributed by atoms with Crippen LogP contribution >= 0.6 is 0 Å². The Bertz CT molecular complexity index is 353. The van der Waals surface area contributed by atoms with Crippen LogP contribution in [0.5, 0.6) is 0 Å². The molecule has 2 heterocycles. The van der Waals surface area contributed by atoms with Crippen molar-refractivity contribution in [2.45, 2.75) is 13.0 Å². The molecule has 86 valence electrons. The smallest absolute Gasteiger partial charge is 0.195 e. The molecule has 4 heteroatoms. The van der Waals surface area contributed by atoms with E-state index in [0.29, 0.717) is 18.3 Å². The van der Waals surface area contributed by atoms with Gasteiger partial charge in [-0.2, -0.15) is 0 Å². The van der Waals surface area contributed by atoms with Crippen LogP contribution in [-0.4, -0.2) is 47.9 Å². The molecule has 1 aliphatic rings. The van der Waals surface area contributed by atoms with Crippen molar-refractivity contribution in [3.8, 4) is 0 Å². The first-order valence-corrected chi connectivity index (χ1v) is 5.65. The molecule has 16 heavy (non-hydrogen) atoms. The lowest BCUT2D eigenvalue weighted by Gasteiger charge is -2.31. The molecule has 1 aromatic rings. The van der Waals surface area contributed by atoms with Crippen molar-refractivity contribution in [2.75, 3.05) is 26.2 Å². The molecular weight excluding hydrogens is 202 g/mol. The van der Waals surface area contributed by atoms with Crippen molar-refractivity contribution < 1.29 is 4.79 Å². The highest BCUT2D eigenvalue weighted by Crippen LogP contribution is 2.02. The average molecular weight is 219 g/mol. The van der Waals surface area contributed by atoms with Crippen LogP contribution in [-0.2, 0) is 0 Å². The monoisotopic (exact) mass is 219 g/mol. The van der Waals surface area contributed by atoms with E-state index < -0.39 is 0 Å². The van der Waals surface area contributed by atoms with Crippen molar-refractivity contribution in [2.24, 2.45) is 0 Å². The molecule has 1 atom stereocenters. The van der Waals surface area contributed by atoms with Gasteiger partial charge < -0.3 is 5.32 Å². The summed E-state index contributed by atoms with van der Waals surface area (Å²) in [6, 6.07) is 5.91. The molecule has 0 radical (unpaired) electrons. The third kappa shape index (κ3) is 2.87. The third-order valence-electron chi connectivity index (χ3n) is 2.77. The predicted molar refractivity (Wildman–Crippen MR) is 62.5 cm³/mol. The molecule has 1 saturated heterocycles. The van der Waals surface area contributed by atoms with Gasteiger partial charge >= 0.3 is 0 Å². The second-order valence-electron chi connectivity index (χ2n) is 4.23. The number of pyridine rings is 1. The van der Waals surface area contributed by atoms with Gasteiger partial charge in [-0.25, -0.2) is 0 Å². The highest BCUT2D eigenvalue weighted by molar-refractivity contribution is 5.95. The molecular formula is C12H17N3O. The van der Waals surface area contributed by atoms with E-state index in [2.05, 4.69) is 22.1 Å². The minimum atomic E-state index is 0.106. The van der Waals surface area contributed by atoms with Crippen LogP contribution in [0.2, 0.25) is 0 Å². The average Bonchev–Trinajstić information content (AvgIpc) is 2.30. The van der Waals surface area contributed by atoms with Crippen molar-refractivity contribution >= 4 is 5.78 Å². The number of nitrogens with one attached hydrogen (secondary N) is 1. The summed E-state index contributed by atoms with van der Waals surface area (Å²) in [6.07, 6.45) is 1.66. The first-order chi connectivity index (χ1) is 7.75. The van der Waals surface area contributed by atoms with Crippen LogP contribution in [0.4, 0.5) is 0 Å². The second kappa shape index (κ2) is 5.18. The van der Waals surface area contributed by atoms with E-state index in [9.17, 15) is 4.79 Å². The second-order valence-corrected chi connectivity index (χ2v) is 4.23. The topological polar surface area (TPSA) is 45.2 Å². The van der Waals surface area contributed by atoms with Crippen LogP contribution in [0.15, 0.2) is 24.4 Å². The highest BCUT2D eigenvalue weighted by atomic mass is 16.1. The quantitative estimate of drug-likeness (QED) is 0.754. The standard InChI is InChI=1S/C12H17N3O/c1-10-8-15(7-6-13-10)9-12(16)11-4-2-3-5-14-11/h2-5,10,13H,6-9H2,1H3. The lowest BCUT2D eigenvalue weighted by atomic mass is 10.2. The fourth-order valence-corrected chi connectivity index (χ4v) is 1.97. The molecule has 1 aromatic heterocycles. The van der Waals surface area contributed by atoms with Crippen LogP contribution in [0.1, 0.15) is 17.4 Å². The summed E-state index contributed by atoms with van der Waals surface area (Å²) in [6.45, 7) is 5.43. The molecule has 1 fully saturated rings. The molecule has 1 unspecified atom stereocenters. The molecule has 0 amide bonds. The van der Waals surface area contributed by atoms with Gasteiger partial charge in [-0.1, -0.05) is 6.07 Å². The SMILES string of the molecule is CC1CN(CC(=O)c2ccccn2)CCN1. The summed E-state index contributed by atoms with van der Waals surface area (Å²) < 4.78 is 0. The predicted octanol–water partition coefficient (Wildman–Crippen LogP) is 0.558. The van der Waals surface area contributed by atoms with Gasteiger partial charge in [0.05, 0.1) is 6.54 Å². The Morgan fingerprint density at radius 1 is 1.62 bits per heavy atom. The molecule has 2 rings (SSSR count). The van der Waals surface area contributed by atoms with Gasteiger partial charge in [0.2, 0.25) is 0 Å². The number of hydrogen-bond donors (Lipinski definition) is 1. The molecule has 0 spiro atoms. The maximum atomic E-state index is 11.9. The zero-order valence-electron chi connectivity index (χ0n) is 9.52. The third-order valence-corrected chi connectivity index (χ3v) is 2.77. The van der Waals surface area contributed by atoms with Crippen molar-refractivity contribution in [3.05, 3.63) is 30.1 Å². The summed E-state index contributed by atoms with van der Waals surface area (Å²) in [5.74, 6) is 0.106. The maximum absolute atomic E-state index is 11.9. The van der Waals surface area contributed by atoms with E-state index in [1.54, 1.807) is 12.3 Å². The van der Waals surface area contributed by atoms with Gasteiger partial charge in [0.15, 0.2) is 5.78 Å². The first kappa shape index (κ1) is 11.2. The van der Waals surface area contributed by atoms with Gasteiger partial charge in [0, 0.05) is 31.9 Å². The van der Waals surface area contributed by atoms with Crippen molar-refractivity contribution in [1.29, 1.82) is 0 Å². The molecule has 0 aliphatic carbocycles. The van der Waals surface area contributed by atoms with Crippen LogP contribution in [0.3, 0.4) is 0 Å². The van der Waals surface area contributed by atoms with Gasteiger partial charge in [0.1, 0.15) is 5.69 Å². The number of Topliss-reactive ketones (excluding diaryl/α,β-unsaturated/α-hetero) is 1. The molecule has 0 aromatic carbocycles. The Morgan fingerprint density at radius 3 is 3.19 bits per heavy atom. The minimum Gasteiger partial charge on any atom is -0.312 e. The summed E-state index contributed by atoms with van der Waals surface area (Å²) >= 11 is 0. The molecule has 0 bridgehead atoms. The van der Waals surface area contributed by atoms with E-state index >= 15 is 0 Å². The van der Waals surface area contributed by atoms with Gasteiger partial charge in [0.25, 0.3) is 0 Å². The number of carbonyl (C=O) groups is 1. The fourth-order valence-electron chi connectivity index (χ4n) is 1.97. The zero-order chi connectivity index (χ0) is 11.4. The number of aromatic nitrogens is 1. The number of piperazine rings is 1. The molecule has 1 aliphatic heterocycles. The van der Waals surface area contributed by atoms with E-state index in [1.807, 2.05) is 12.1 Å². The Balaban J connectivity index is 1.92. The van der Waals surface area contributed by atoms with E-state index in [-0.39, 0.29) is 5.78 Å². The summed E-state index contributed by atoms with van der Waals surface area (Å²) in [7, 11) is 0. The largest absolute Gasteiger partial charge is 0.312 e. The van der Waals surface area contributed by atoms with Crippen molar-refractivity contribution in [1.82, 2.24) is 15.2 Å². The number of nitrogens with zero attached hydrogens (tertiary/aromatic N) is 2. The van der Waals surface area contributed by atoms with Crippen LogP contribution < -0.4 is 5.32 Å². The summed E-state index contributed by atoms with van der Waals surface area (Å²) in [5.41, 5.74) is 0.564. The molecule has 4 nitrogen and oxygen atoms in total. The van der Waals surface area contributed by atoms with E-state index in [4.69, 9.17) is 0 Å². The van der Waals surface area contributed by atoms with Crippen LogP contribution in [0, 0.1) is 0 Å². The maximum Gasteiger partial charge on any atom is 0.195 e. The van der Waals surface area contributed by atoms with Gasteiger partial charge in [-0.05, 0) is 19.1 Å². The molecule has 0 saturated carbocycles. The minimum absolute atomic E-state index is 0.106. The van der Waals surface area contributed by atoms with Crippen LogP contribution in [0.25, 0.3) is 0 Å². The zero-order valence-corrected chi connectivity index (χ0v) is 9.52. The number of rotatable bonds is 3. The van der Waals surface area contributed by atoms with E-state index in [1.165, 1.54) is 0 Å². The summed E-state index contributed by atoms with van der Waals surface area (Å²) in [4.78, 5) is 18.1. The Hall–Kier alpha value is -1.26. The lowest BCUT2D eigenvalue weighted by Crippen LogP contribution is -2.50. The van der Waals surface area contributed by atoms with E-state index in [0.717, 1.165) is 19.6 Å². The number of hydrogen-bond acceptors (Lipinski definition) is 4. The Kier molecular flexibility index (Phi) is 3.64. The summed E-state index contributed by atoms with van der Waals surface area (Å²) in [5, 5.41) is 3.36. The van der Waals surface area contributed by atoms with Crippen molar-refractivity contribution in [3.63, 3.8) is 0 Å². The number of ketones is 1. The Morgan fingerprint density at radius 2 is 2.50 bits per heavy atom. The normalized spacial score (nSPS) is 21.9. The highest BCUT2D eigenvalue weighted by Gasteiger charge is 2.18. The lowest BCUT2D eigenvalue weighted by molar-refractivity contribution is 0.0903. The molecule has 1 N–H and O–H groups in total. The van der Waals surface area contributed by atoms with Gasteiger partial charge in [-0.15, -0.1) is 0 Å². The first-order valence-electron chi connectivity index (χ1n) is 5.65. The Labute approximate surface area is 95.7 Å².